The van der Waals surface area contributed by atoms with E-state index in [4.69, 9.17) is 11.5 Å². The van der Waals surface area contributed by atoms with Crippen LogP contribution in [-0.4, -0.2) is 0 Å². The SMILES string of the molecule is Nc1ccccc1-c1cc(F)ccc1N. The summed E-state index contributed by atoms with van der Waals surface area (Å²) in [7, 11) is 0. The lowest BCUT2D eigenvalue weighted by atomic mass is 10.0. The Morgan fingerprint density at radius 2 is 1.47 bits per heavy atom. The Kier molecular flexibility index (Phi) is 2.29. The first kappa shape index (κ1) is 9.52. The van der Waals surface area contributed by atoms with E-state index in [2.05, 4.69) is 0 Å². The van der Waals surface area contributed by atoms with Crippen LogP contribution in [0.15, 0.2) is 42.5 Å². The van der Waals surface area contributed by atoms with Gasteiger partial charge in [-0.05, 0) is 24.3 Å². The van der Waals surface area contributed by atoms with Crippen LogP contribution in [0.3, 0.4) is 0 Å². The fraction of sp³-hybridized carbons (Fsp3) is 0. The summed E-state index contributed by atoms with van der Waals surface area (Å²) in [5.41, 5.74) is 14.1. The fourth-order valence-electron chi connectivity index (χ4n) is 1.50. The molecule has 0 unspecified atom stereocenters. The van der Waals surface area contributed by atoms with E-state index in [1.807, 2.05) is 18.2 Å². The summed E-state index contributed by atoms with van der Waals surface area (Å²) < 4.78 is 13.1. The molecule has 0 bridgehead atoms. The summed E-state index contributed by atoms with van der Waals surface area (Å²) >= 11 is 0. The molecule has 0 atom stereocenters. The number of para-hydroxylation sites is 1. The summed E-state index contributed by atoms with van der Waals surface area (Å²) in [6.07, 6.45) is 0. The standard InChI is InChI=1S/C12H11FN2/c13-8-5-6-12(15)10(7-8)9-3-1-2-4-11(9)14/h1-7H,14-15H2. The van der Waals surface area contributed by atoms with Crippen LogP contribution >= 0.6 is 0 Å². The fourth-order valence-corrected chi connectivity index (χ4v) is 1.50. The van der Waals surface area contributed by atoms with Crippen LogP contribution < -0.4 is 11.5 Å². The maximum Gasteiger partial charge on any atom is 0.123 e. The first-order valence-electron chi connectivity index (χ1n) is 4.58. The van der Waals surface area contributed by atoms with Crippen molar-refractivity contribution in [2.24, 2.45) is 0 Å². The number of hydrogen-bond donors (Lipinski definition) is 2. The second kappa shape index (κ2) is 3.61. The van der Waals surface area contributed by atoms with Gasteiger partial charge < -0.3 is 11.5 Å². The largest absolute Gasteiger partial charge is 0.398 e. The molecule has 2 nitrogen and oxygen atoms in total. The van der Waals surface area contributed by atoms with Crippen molar-refractivity contribution >= 4 is 11.4 Å². The molecule has 0 aliphatic heterocycles. The average molecular weight is 202 g/mol. The Balaban J connectivity index is 2.64. The van der Waals surface area contributed by atoms with Crippen molar-refractivity contribution in [1.82, 2.24) is 0 Å². The Morgan fingerprint density at radius 3 is 2.20 bits per heavy atom. The van der Waals surface area contributed by atoms with Crippen LogP contribution in [0.2, 0.25) is 0 Å². The van der Waals surface area contributed by atoms with E-state index in [0.29, 0.717) is 16.9 Å². The second-order valence-corrected chi connectivity index (χ2v) is 3.32. The van der Waals surface area contributed by atoms with E-state index in [9.17, 15) is 4.39 Å². The van der Waals surface area contributed by atoms with Gasteiger partial charge in [0.15, 0.2) is 0 Å². The Labute approximate surface area is 87.3 Å². The van der Waals surface area contributed by atoms with Gasteiger partial charge in [-0.3, -0.25) is 0 Å². The second-order valence-electron chi connectivity index (χ2n) is 3.32. The van der Waals surface area contributed by atoms with Crippen molar-refractivity contribution < 1.29 is 4.39 Å². The maximum atomic E-state index is 13.1. The molecule has 3 heteroatoms. The summed E-state index contributed by atoms with van der Waals surface area (Å²) in [5, 5.41) is 0. The van der Waals surface area contributed by atoms with Crippen LogP contribution in [0.4, 0.5) is 15.8 Å². The smallest absolute Gasteiger partial charge is 0.123 e. The van der Waals surface area contributed by atoms with Crippen LogP contribution in [0, 0.1) is 5.82 Å². The van der Waals surface area contributed by atoms with Crippen molar-refractivity contribution in [3.8, 4) is 11.1 Å². The van der Waals surface area contributed by atoms with Crippen LogP contribution in [0.5, 0.6) is 0 Å². The maximum absolute atomic E-state index is 13.1. The van der Waals surface area contributed by atoms with Gasteiger partial charge in [-0.25, -0.2) is 4.39 Å². The van der Waals surface area contributed by atoms with Gasteiger partial charge in [0, 0.05) is 22.5 Å². The molecule has 0 amide bonds. The molecule has 0 radical (unpaired) electrons. The van der Waals surface area contributed by atoms with Crippen molar-refractivity contribution in [2.75, 3.05) is 11.5 Å². The molecule has 0 fully saturated rings. The van der Waals surface area contributed by atoms with Gasteiger partial charge in [0.1, 0.15) is 5.82 Å². The Bertz CT molecular complexity index is 495. The first-order chi connectivity index (χ1) is 7.18. The Morgan fingerprint density at radius 1 is 0.800 bits per heavy atom. The van der Waals surface area contributed by atoms with Gasteiger partial charge >= 0.3 is 0 Å². The molecule has 0 aromatic heterocycles. The third kappa shape index (κ3) is 1.76. The van der Waals surface area contributed by atoms with E-state index >= 15 is 0 Å². The third-order valence-corrected chi connectivity index (χ3v) is 2.27. The summed E-state index contributed by atoms with van der Waals surface area (Å²) in [4.78, 5) is 0. The first-order valence-corrected chi connectivity index (χ1v) is 4.58. The van der Waals surface area contributed by atoms with Crippen molar-refractivity contribution in [3.05, 3.63) is 48.3 Å². The molecule has 2 aromatic rings. The summed E-state index contributed by atoms with van der Waals surface area (Å²) in [5.74, 6) is -0.317. The number of halogens is 1. The van der Waals surface area contributed by atoms with E-state index in [0.717, 1.165) is 5.56 Å². The van der Waals surface area contributed by atoms with E-state index in [1.54, 1.807) is 6.07 Å². The highest BCUT2D eigenvalue weighted by molar-refractivity contribution is 5.83. The number of rotatable bonds is 1. The quantitative estimate of drug-likeness (QED) is 0.698. The highest BCUT2D eigenvalue weighted by atomic mass is 19.1. The van der Waals surface area contributed by atoms with Crippen LogP contribution in [0.25, 0.3) is 11.1 Å². The molecule has 0 heterocycles. The predicted octanol–water partition coefficient (Wildman–Crippen LogP) is 2.66. The minimum Gasteiger partial charge on any atom is -0.398 e. The van der Waals surface area contributed by atoms with Crippen molar-refractivity contribution in [3.63, 3.8) is 0 Å². The molecule has 2 aromatic carbocycles. The lowest BCUT2D eigenvalue weighted by Crippen LogP contribution is -1.94. The topological polar surface area (TPSA) is 52.0 Å². The molecule has 2 rings (SSSR count). The van der Waals surface area contributed by atoms with Gasteiger partial charge in [0.25, 0.3) is 0 Å². The number of benzene rings is 2. The normalized spacial score (nSPS) is 10.2. The van der Waals surface area contributed by atoms with Crippen LogP contribution in [-0.2, 0) is 0 Å². The van der Waals surface area contributed by atoms with E-state index in [-0.39, 0.29) is 5.82 Å². The molecule has 4 N–H and O–H groups in total. The molecule has 0 saturated heterocycles. The molecule has 0 aliphatic carbocycles. The number of hydrogen-bond acceptors (Lipinski definition) is 2. The molecule has 0 aliphatic rings. The summed E-state index contributed by atoms with van der Waals surface area (Å²) in [6, 6.07) is 11.5. The molecular weight excluding hydrogens is 191 g/mol. The zero-order valence-corrected chi connectivity index (χ0v) is 8.07. The van der Waals surface area contributed by atoms with Gasteiger partial charge in [0.2, 0.25) is 0 Å². The van der Waals surface area contributed by atoms with Crippen LogP contribution in [0.1, 0.15) is 0 Å². The predicted molar refractivity (Wildman–Crippen MR) is 60.7 cm³/mol. The number of nitrogens with two attached hydrogens (primary N) is 2. The minimum absolute atomic E-state index is 0.317. The molecule has 0 saturated carbocycles. The lowest BCUT2D eigenvalue weighted by Gasteiger charge is -2.08. The van der Waals surface area contributed by atoms with Crippen molar-refractivity contribution in [2.45, 2.75) is 0 Å². The zero-order chi connectivity index (χ0) is 10.8. The minimum atomic E-state index is -0.317. The van der Waals surface area contributed by atoms with Gasteiger partial charge in [0.05, 0.1) is 0 Å². The summed E-state index contributed by atoms with van der Waals surface area (Å²) in [6.45, 7) is 0. The van der Waals surface area contributed by atoms with Gasteiger partial charge in [-0.15, -0.1) is 0 Å². The van der Waals surface area contributed by atoms with Gasteiger partial charge in [-0.1, -0.05) is 18.2 Å². The Hall–Kier alpha value is -2.03. The third-order valence-electron chi connectivity index (χ3n) is 2.27. The number of anilines is 2. The highest BCUT2D eigenvalue weighted by Crippen LogP contribution is 2.30. The monoisotopic (exact) mass is 202 g/mol. The molecule has 76 valence electrons. The molecular formula is C12H11FN2. The van der Waals surface area contributed by atoms with Crippen molar-refractivity contribution in [1.29, 1.82) is 0 Å². The van der Waals surface area contributed by atoms with E-state index < -0.39 is 0 Å². The molecule has 15 heavy (non-hydrogen) atoms. The lowest BCUT2D eigenvalue weighted by molar-refractivity contribution is 0.628. The number of nitrogen functional groups attached to an aromatic ring is 2. The molecule has 0 spiro atoms. The van der Waals surface area contributed by atoms with Gasteiger partial charge in [-0.2, -0.15) is 0 Å². The highest BCUT2D eigenvalue weighted by Gasteiger charge is 2.06. The average Bonchev–Trinajstić information content (AvgIpc) is 2.23. The zero-order valence-electron chi connectivity index (χ0n) is 8.07. The van der Waals surface area contributed by atoms with E-state index in [1.165, 1.54) is 18.2 Å².